The van der Waals surface area contributed by atoms with Crippen LogP contribution in [0.1, 0.15) is 18.4 Å². The van der Waals surface area contributed by atoms with E-state index in [1.165, 1.54) is 12.6 Å². The third-order valence-electron chi connectivity index (χ3n) is 4.32. The molecule has 1 fully saturated rings. The summed E-state index contributed by atoms with van der Waals surface area (Å²) in [7, 11) is 1.68. The van der Waals surface area contributed by atoms with Crippen LogP contribution in [0, 0.1) is 0 Å². The van der Waals surface area contributed by atoms with Crippen molar-refractivity contribution in [1.82, 2.24) is 4.90 Å². The second kappa shape index (κ2) is 8.07. The zero-order chi connectivity index (χ0) is 17.6. The van der Waals surface area contributed by atoms with Crippen LogP contribution in [0.4, 0.5) is 5.69 Å². The minimum atomic E-state index is -0.299. The molecule has 1 aliphatic rings. The summed E-state index contributed by atoms with van der Waals surface area (Å²) in [6.45, 7) is 6.28. The summed E-state index contributed by atoms with van der Waals surface area (Å²) < 4.78 is 15.9. The average Bonchev–Trinajstić information content (AvgIpc) is 3.08. The minimum absolute atomic E-state index is 0.195. The average molecular weight is 344 g/mol. The van der Waals surface area contributed by atoms with Gasteiger partial charge in [-0.05, 0) is 36.4 Å². The number of methoxy groups -OCH3 is 1. The fraction of sp³-hybridized carbons (Fsp3) is 0.421. The first-order chi connectivity index (χ1) is 12.1. The predicted octanol–water partition coefficient (Wildman–Crippen LogP) is 2.67. The molecule has 0 unspecified atom stereocenters. The van der Waals surface area contributed by atoms with Crippen LogP contribution in [-0.2, 0) is 22.7 Å². The van der Waals surface area contributed by atoms with Crippen LogP contribution >= 0.6 is 0 Å². The molecule has 1 aromatic carbocycles. The molecule has 0 atom stereocenters. The molecule has 1 aliphatic heterocycles. The number of nitrogens with zero attached hydrogens (tertiary/aromatic N) is 2. The van der Waals surface area contributed by atoms with Gasteiger partial charge in [-0.1, -0.05) is 0 Å². The summed E-state index contributed by atoms with van der Waals surface area (Å²) in [5.74, 6) is 2.17. The third kappa shape index (κ3) is 4.76. The van der Waals surface area contributed by atoms with Crippen molar-refractivity contribution in [2.45, 2.75) is 20.1 Å². The number of hydrogen-bond acceptors (Lipinski definition) is 6. The Bertz CT molecular complexity index is 688. The van der Waals surface area contributed by atoms with Crippen LogP contribution < -0.4 is 9.64 Å². The van der Waals surface area contributed by atoms with Gasteiger partial charge in [0, 0.05) is 38.8 Å². The van der Waals surface area contributed by atoms with Crippen LogP contribution in [0.5, 0.6) is 5.75 Å². The summed E-state index contributed by atoms with van der Waals surface area (Å²) >= 11 is 0. The number of benzene rings is 1. The van der Waals surface area contributed by atoms with Gasteiger partial charge in [-0.3, -0.25) is 9.69 Å². The van der Waals surface area contributed by atoms with Crippen molar-refractivity contribution in [3.63, 3.8) is 0 Å². The van der Waals surface area contributed by atoms with Crippen molar-refractivity contribution in [2.24, 2.45) is 0 Å². The molecular formula is C19H24N2O4. The summed E-state index contributed by atoms with van der Waals surface area (Å²) in [5.41, 5.74) is 1.22. The lowest BCUT2D eigenvalue weighted by Gasteiger charge is -2.35. The summed E-state index contributed by atoms with van der Waals surface area (Å²) in [4.78, 5) is 15.6. The lowest BCUT2D eigenvalue weighted by Crippen LogP contribution is -2.45. The number of esters is 1. The molecule has 0 radical (unpaired) electrons. The monoisotopic (exact) mass is 344 g/mol. The van der Waals surface area contributed by atoms with Gasteiger partial charge in [0.25, 0.3) is 0 Å². The lowest BCUT2D eigenvalue weighted by molar-refractivity contribution is -0.142. The number of anilines is 1. The largest absolute Gasteiger partial charge is 0.497 e. The van der Waals surface area contributed by atoms with E-state index in [0.29, 0.717) is 5.76 Å². The Balaban J connectivity index is 1.48. The van der Waals surface area contributed by atoms with E-state index in [2.05, 4.69) is 21.9 Å². The normalized spacial score (nSPS) is 15.2. The molecular weight excluding hydrogens is 320 g/mol. The van der Waals surface area contributed by atoms with Crippen molar-refractivity contribution in [3.8, 4) is 5.75 Å². The highest BCUT2D eigenvalue weighted by molar-refractivity contribution is 5.65. The van der Waals surface area contributed by atoms with Gasteiger partial charge >= 0.3 is 5.97 Å². The molecule has 0 amide bonds. The highest BCUT2D eigenvalue weighted by Gasteiger charge is 2.18. The summed E-state index contributed by atoms with van der Waals surface area (Å²) in [5, 5.41) is 0. The second-order valence-corrected chi connectivity index (χ2v) is 6.11. The van der Waals surface area contributed by atoms with E-state index in [1.54, 1.807) is 7.11 Å². The highest BCUT2D eigenvalue weighted by atomic mass is 16.5. The van der Waals surface area contributed by atoms with Gasteiger partial charge < -0.3 is 18.8 Å². The van der Waals surface area contributed by atoms with E-state index in [1.807, 2.05) is 24.3 Å². The SMILES string of the molecule is COc1ccc(N2CCN(Cc3ccc(COC(C)=O)o3)CC2)cc1. The number of ether oxygens (including phenoxy) is 2. The molecule has 3 rings (SSSR count). The molecule has 2 aromatic rings. The number of piperazine rings is 1. The number of rotatable bonds is 6. The molecule has 0 N–H and O–H groups in total. The molecule has 6 nitrogen and oxygen atoms in total. The van der Waals surface area contributed by atoms with Crippen molar-refractivity contribution in [2.75, 3.05) is 38.2 Å². The number of carbonyl (C=O) groups is 1. The first-order valence-corrected chi connectivity index (χ1v) is 8.46. The molecule has 0 saturated carbocycles. The molecule has 6 heteroatoms. The molecule has 1 saturated heterocycles. The van der Waals surface area contributed by atoms with E-state index in [4.69, 9.17) is 13.9 Å². The number of hydrogen-bond donors (Lipinski definition) is 0. The molecule has 1 aromatic heterocycles. The van der Waals surface area contributed by atoms with E-state index in [9.17, 15) is 4.79 Å². The van der Waals surface area contributed by atoms with Gasteiger partial charge in [0.2, 0.25) is 0 Å². The van der Waals surface area contributed by atoms with Crippen LogP contribution in [0.3, 0.4) is 0 Å². The quantitative estimate of drug-likeness (QED) is 0.751. The zero-order valence-electron chi connectivity index (χ0n) is 14.7. The van der Waals surface area contributed by atoms with Crippen LogP contribution in [0.2, 0.25) is 0 Å². The summed E-state index contributed by atoms with van der Waals surface area (Å²) in [6.07, 6.45) is 0. The van der Waals surface area contributed by atoms with Gasteiger partial charge in [-0.15, -0.1) is 0 Å². The maximum Gasteiger partial charge on any atom is 0.303 e. The van der Waals surface area contributed by atoms with Crippen molar-refractivity contribution in [3.05, 3.63) is 47.9 Å². The highest BCUT2D eigenvalue weighted by Crippen LogP contribution is 2.21. The van der Waals surface area contributed by atoms with Crippen LogP contribution in [-0.4, -0.2) is 44.2 Å². The molecule has 0 bridgehead atoms. The fourth-order valence-electron chi connectivity index (χ4n) is 2.94. The van der Waals surface area contributed by atoms with Gasteiger partial charge in [-0.2, -0.15) is 0 Å². The van der Waals surface area contributed by atoms with E-state index < -0.39 is 0 Å². The molecule has 134 valence electrons. The predicted molar refractivity (Wildman–Crippen MR) is 94.7 cm³/mol. The van der Waals surface area contributed by atoms with Gasteiger partial charge in [-0.25, -0.2) is 0 Å². The third-order valence-corrected chi connectivity index (χ3v) is 4.32. The Morgan fingerprint density at radius 1 is 1.04 bits per heavy atom. The minimum Gasteiger partial charge on any atom is -0.497 e. The number of furan rings is 1. The Morgan fingerprint density at radius 3 is 2.36 bits per heavy atom. The standard InChI is InChI=1S/C19H24N2O4/c1-15(22)24-14-19-8-7-18(25-19)13-20-9-11-21(12-10-20)16-3-5-17(23-2)6-4-16/h3-8H,9-14H2,1-2H3. The summed E-state index contributed by atoms with van der Waals surface area (Å²) in [6, 6.07) is 12.0. The van der Waals surface area contributed by atoms with Gasteiger partial charge in [0.1, 0.15) is 23.9 Å². The zero-order valence-corrected chi connectivity index (χ0v) is 14.7. The fourth-order valence-corrected chi connectivity index (χ4v) is 2.94. The van der Waals surface area contributed by atoms with Crippen LogP contribution in [0.15, 0.2) is 40.8 Å². The maximum absolute atomic E-state index is 10.8. The Morgan fingerprint density at radius 2 is 1.72 bits per heavy atom. The lowest BCUT2D eigenvalue weighted by atomic mass is 10.2. The maximum atomic E-state index is 10.8. The van der Waals surface area contributed by atoms with Crippen molar-refractivity contribution >= 4 is 11.7 Å². The molecule has 2 heterocycles. The molecule has 25 heavy (non-hydrogen) atoms. The first-order valence-electron chi connectivity index (χ1n) is 8.46. The van der Waals surface area contributed by atoms with E-state index in [-0.39, 0.29) is 12.6 Å². The number of carbonyl (C=O) groups excluding carboxylic acids is 1. The Hall–Kier alpha value is -2.47. The van der Waals surface area contributed by atoms with Crippen LogP contribution in [0.25, 0.3) is 0 Å². The molecule has 0 spiro atoms. The second-order valence-electron chi connectivity index (χ2n) is 6.11. The van der Waals surface area contributed by atoms with Gasteiger partial charge in [0.05, 0.1) is 13.7 Å². The van der Waals surface area contributed by atoms with E-state index >= 15 is 0 Å². The Kier molecular flexibility index (Phi) is 5.60. The van der Waals surface area contributed by atoms with E-state index in [0.717, 1.165) is 44.2 Å². The smallest absolute Gasteiger partial charge is 0.303 e. The van der Waals surface area contributed by atoms with Gasteiger partial charge in [0.15, 0.2) is 0 Å². The Labute approximate surface area is 147 Å². The van der Waals surface area contributed by atoms with Crippen molar-refractivity contribution in [1.29, 1.82) is 0 Å². The van der Waals surface area contributed by atoms with Crippen molar-refractivity contribution < 1.29 is 18.7 Å². The molecule has 0 aliphatic carbocycles. The first kappa shape index (κ1) is 17.4. The topological polar surface area (TPSA) is 55.2 Å².